The number of benzene rings is 1. The Morgan fingerprint density at radius 1 is 1.07 bits per heavy atom. The van der Waals surface area contributed by atoms with Crippen molar-refractivity contribution in [3.8, 4) is 0 Å². The van der Waals surface area contributed by atoms with Crippen molar-refractivity contribution in [2.45, 2.75) is 38.6 Å². The molecule has 1 nitrogen and oxygen atoms in total. The molecular formula is C12H17BrO. The van der Waals surface area contributed by atoms with Gasteiger partial charge in [0.1, 0.15) is 0 Å². The molecule has 2 atom stereocenters. The van der Waals surface area contributed by atoms with Gasteiger partial charge in [-0.2, -0.15) is 0 Å². The van der Waals surface area contributed by atoms with E-state index in [1.165, 1.54) is 11.1 Å². The molecule has 0 amide bonds. The summed E-state index contributed by atoms with van der Waals surface area (Å²) < 4.78 is 0. The summed E-state index contributed by atoms with van der Waals surface area (Å²) >= 11 is 3.40. The van der Waals surface area contributed by atoms with Crippen molar-refractivity contribution in [3.63, 3.8) is 0 Å². The average molecular weight is 257 g/mol. The molecule has 14 heavy (non-hydrogen) atoms. The SMILES string of the molecule is Cc1cc(C)c(C(O)C(C)Br)cc1C. The van der Waals surface area contributed by atoms with Crippen molar-refractivity contribution in [2.75, 3.05) is 0 Å². The van der Waals surface area contributed by atoms with Crippen molar-refractivity contribution in [3.05, 3.63) is 34.4 Å². The van der Waals surface area contributed by atoms with Gasteiger partial charge in [0.2, 0.25) is 0 Å². The van der Waals surface area contributed by atoms with Crippen LogP contribution >= 0.6 is 15.9 Å². The molecular weight excluding hydrogens is 240 g/mol. The highest BCUT2D eigenvalue weighted by molar-refractivity contribution is 9.09. The van der Waals surface area contributed by atoms with E-state index in [0.717, 1.165) is 11.1 Å². The molecule has 0 aromatic heterocycles. The van der Waals surface area contributed by atoms with Crippen LogP contribution in [0.4, 0.5) is 0 Å². The van der Waals surface area contributed by atoms with Gasteiger partial charge in [-0.15, -0.1) is 0 Å². The topological polar surface area (TPSA) is 20.2 Å². The van der Waals surface area contributed by atoms with Gasteiger partial charge >= 0.3 is 0 Å². The molecule has 0 radical (unpaired) electrons. The van der Waals surface area contributed by atoms with E-state index in [4.69, 9.17) is 0 Å². The number of alkyl halides is 1. The van der Waals surface area contributed by atoms with Crippen molar-refractivity contribution >= 4 is 15.9 Å². The Morgan fingerprint density at radius 2 is 1.57 bits per heavy atom. The molecule has 1 N–H and O–H groups in total. The fourth-order valence-electron chi connectivity index (χ4n) is 1.55. The second-order valence-corrected chi connectivity index (χ2v) is 5.36. The first-order valence-electron chi connectivity index (χ1n) is 4.83. The maximum absolute atomic E-state index is 9.95. The summed E-state index contributed by atoms with van der Waals surface area (Å²) in [4.78, 5) is 0.0864. The Balaban J connectivity index is 3.15. The first-order chi connectivity index (χ1) is 6.43. The lowest BCUT2D eigenvalue weighted by Gasteiger charge is -2.17. The highest BCUT2D eigenvalue weighted by Crippen LogP contribution is 2.27. The number of aliphatic hydroxyl groups excluding tert-OH is 1. The predicted octanol–water partition coefficient (Wildman–Crippen LogP) is 3.43. The molecule has 1 aromatic rings. The lowest BCUT2D eigenvalue weighted by molar-refractivity contribution is 0.180. The molecule has 0 saturated heterocycles. The van der Waals surface area contributed by atoms with Gasteiger partial charge in [0.15, 0.2) is 0 Å². The summed E-state index contributed by atoms with van der Waals surface area (Å²) in [7, 11) is 0. The predicted molar refractivity (Wildman–Crippen MR) is 64.0 cm³/mol. The van der Waals surface area contributed by atoms with E-state index < -0.39 is 6.10 Å². The van der Waals surface area contributed by atoms with Crippen molar-refractivity contribution < 1.29 is 5.11 Å². The lowest BCUT2D eigenvalue weighted by Crippen LogP contribution is -2.10. The maximum Gasteiger partial charge on any atom is 0.0914 e. The summed E-state index contributed by atoms with van der Waals surface area (Å²) in [6, 6.07) is 4.20. The smallest absolute Gasteiger partial charge is 0.0914 e. The Morgan fingerprint density at radius 3 is 2.07 bits per heavy atom. The van der Waals surface area contributed by atoms with Gasteiger partial charge in [-0.3, -0.25) is 0 Å². The zero-order valence-corrected chi connectivity index (χ0v) is 10.7. The first-order valence-corrected chi connectivity index (χ1v) is 5.75. The second kappa shape index (κ2) is 4.45. The molecule has 2 unspecified atom stereocenters. The maximum atomic E-state index is 9.95. The van der Waals surface area contributed by atoms with Crippen LogP contribution < -0.4 is 0 Å². The van der Waals surface area contributed by atoms with E-state index in [-0.39, 0.29) is 4.83 Å². The van der Waals surface area contributed by atoms with Crippen LogP contribution in [0.15, 0.2) is 12.1 Å². The van der Waals surface area contributed by atoms with Crippen LogP contribution in [0.5, 0.6) is 0 Å². The Kier molecular flexibility index (Phi) is 3.73. The summed E-state index contributed by atoms with van der Waals surface area (Å²) in [5, 5.41) is 9.95. The third-order valence-electron chi connectivity index (χ3n) is 2.64. The Bertz CT molecular complexity index is 331. The molecule has 1 aromatic carbocycles. The number of aliphatic hydroxyl groups is 1. The Labute approximate surface area is 94.3 Å². The normalized spacial score (nSPS) is 15.3. The van der Waals surface area contributed by atoms with E-state index >= 15 is 0 Å². The molecule has 0 saturated carbocycles. The van der Waals surface area contributed by atoms with Gasteiger partial charge in [-0.1, -0.05) is 28.1 Å². The molecule has 0 aliphatic carbocycles. The van der Waals surface area contributed by atoms with Crippen LogP contribution in [0, 0.1) is 20.8 Å². The summed E-state index contributed by atoms with van der Waals surface area (Å²) in [5.41, 5.74) is 4.70. The summed E-state index contributed by atoms with van der Waals surface area (Å²) in [6.07, 6.45) is -0.422. The fourth-order valence-corrected chi connectivity index (χ4v) is 1.83. The van der Waals surface area contributed by atoms with Crippen LogP contribution in [0.2, 0.25) is 0 Å². The third kappa shape index (κ3) is 2.37. The van der Waals surface area contributed by atoms with Crippen molar-refractivity contribution in [2.24, 2.45) is 0 Å². The largest absolute Gasteiger partial charge is 0.387 e. The highest BCUT2D eigenvalue weighted by atomic mass is 79.9. The van der Waals surface area contributed by atoms with Crippen LogP contribution in [-0.4, -0.2) is 9.93 Å². The third-order valence-corrected chi connectivity index (χ3v) is 3.14. The molecule has 0 bridgehead atoms. The Hall–Kier alpha value is -0.340. The summed E-state index contributed by atoms with van der Waals surface area (Å²) in [6.45, 7) is 8.17. The summed E-state index contributed by atoms with van der Waals surface area (Å²) in [5.74, 6) is 0. The van der Waals surface area contributed by atoms with E-state index in [1.54, 1.807) is 0 Å². The molecule has 0 heterocycles. The average Bonchev–Trinajstić information content (AvgIpc) is 2.10. The van der Waals surface area contributed by atoms with Gasteiger partial charge in [0.25, 0.3) is 0 Å². The van der Waals surface area contributed by atoms with Crippen molar-refractivity contribution in [1.82, 2.24) is 0 Å². The molecule has 78 valence electrons. The molecule has 2 heteroatoms. The number of hydrogen-bond acceptors (Lipinski definition) is 1. The monoisotopic (exact) mass is 256 g/mol. The molecule has 0 aliphatic heterocycles. The van der Waals surface area contributed by atoms with Crippen LogP contribution in [-0.2, 0) is 0 Å². The minimum atomic E-state index is -0.422. The van der Waals surface area contributed by atoms with E-state index in [1.807, 2.05) is 13.8 Å². The zero-order valence-electron chi connectivity index (χ0n) is 9.13. The quantitative estimate of drug-likeness (QED) is 0.805. The molecule has 0 fully saturated rings. The second-order valence-electron chi connectivity index (χ2n) is 3.92. The minimum Gasteiger partial charge on any atom is -0.387 e. The van der Waals surface area contributed by atoms with Crippen LogP contribution in [0.25, 0.3) is 0 Å². The standard InChI is InChI=1S/C12H17BrO/c1-7-5-9(3)11(6-8(7)2)12(14)10(4)13/h5-6,10,12,14H,1-4H3. The number of halogens is 1. The van der Waals surface area contributed by atoms with Crippen molar-refractivity contribution in [1.29, 1.82) is 0 Å². The first kappa shape index (κ1) is 11.7. The molecule has 1 rings (SSSR count). The molecule has 0 spiro atoms. The highest BCUT2D eigenvalue weighted by Gasteiger charge is 2.16. The van der Waals surface area contributed by atoms with E-state index in [0.29, 0.717) is 0 Å². The van der Waals surface area contributed by atoms with Crippen LogP contribution in [0.1, 0.15) is 35.3 Å². The van der Waals surface area contributed by atoms with Gasteiger partial charge < -0.3 is 5.11 Å². The number of rotatable bonds is 2. The lowest BCUT2D eigenvalue weighted by atomic mass is 9.96. The number of hydrogen-bond donors (Lipinski definition) is 1. The zero-order chi connectivity index (χ0) is 10.9. The molecule has 0 aliphatic rings. The van der Waals surface area contributed by atoms with E-state index in [2.05, 4.69) is 41.9 Å². The van der Waals surface area contributed by atoms with Gasteiger partial charge in [0.05, 0.1) is 6.10 Å². The van der Waals surface area contributed by atoms with Gasteiger partial charge in [0, 0.05) is 4.83 Å². The minimum absolute atomic E-state index is 0.0864. The van der Waals surface area contributed by atoms with Gasteiger partial charge in [-0.05, 0) is 49.9 Å². The van der Waals surface area contributed by atoms with Crippen LogP contribution in [0.3, 0.4) is 0 Å². The number of aryl methyl sites for hydroxylation is 3. The van der Waals surface area contributed by atoms with Gasteiger partial charge in [-0.25, -0.2) is 0 Å². The van der Waals surface area contributed by atoms with E-state index in [9.17, 15) is 5.11 Å². The fraction of sp³-hybridized carbons (Fsp3) is 0.500.